The van der Waals surface area contributed by atoms with Gasteiger partial charge >= 0.3 is 0 Å². The first kappa shape index (κ1) is 7.86. The molecule has 0 atom stereocenters. The van der Waals surface area contributed by atoms with E-state index < -0.39 is 0 Å². The summed E-state index contributed by atoms with van der Waals surface area (Å²) >= 11 is 0. The second-order valence-electron chi connectivity index (χ2n) is 2.95. The maximum atomic E-state index is 11.0. The Morgan fingerprint density at radius 2 is 2.31 bits per heavy atom. The zero-order chi connectivity index (χ0) is 9.26. The summed E-state index contributed by atoms with van der Waals surface area (Å²) < 4.78 is 0. The molecule has 0 fully saturated rings. The van der Waals surface area contributed by atoms with Crippen molar-refractivity contribution in [3.8, 4) is 0 Å². The first-order chi connectivity index (χ1) is 6.29. The molecule has 0 saturated carbocycles. The Labute approximate surface area is 76.2 Å². The van der Waals surface area contributed by atoms with E-state index >= 15 is 0 Å². The molecule has 3 nitrogen and oxygen atoms in total. The zero-order valence-electron chi connectivity index (χ0n) is 7.08. The van der Waals surface area contributed by atoms with Crippen molar-refractivity contribution < 1.29 is 4.79 Å². The summed E-state index contributed by atoms with van der Waals surface area (Å²) in [4.78, 5) is 11.0. The molecule has 1 aromatic rings. The van der Waals surface area contributed by atoms with Gasteiger partial charge in [0, 0.05) is 11.3 Å². The predicted molar refractivity (Wildman–Crippen MR) is 51.4 cm³/mol. The standard InChI is InChI=1S/C10H10N2O/c11-10(13)8-3-1-5-9-7(8)4-2-6-12-9/h1-3,5-6,12H,4H2,(H2,11,13). The highest BCUT2D eigenvalue weighted by molar-refractivity contribution is 5.96. The number of hydrogen-bond donors (Lipinski definition) is 2. The van der Waals surface area contributed by atoms with E-state index in [0.29, 0.717) is 5.56 Å². The lowest BCUT2D eigenvalue weighted by molar-refractivity contribution is 0.0999. The minimum Gasteiger partial charge on any atom is -0.366 e. The summed E-state index contributed by atoms with van der Waals surface area (Å²) in [5.41, 5.74) is 7.81. The quantitative estimate of drug-likeness (QED) is 0.673. The van der Waals surface area contributed by atoms with Crippen LogP contribution in [0.3, 0.4) is 0 Å². The molecule has 0 unspecified atom stereocenters. The first-order valence-electron chi connectivity index (χ1n) is 4.12. The number of nitrogens with one attached hydrogen (secondary N) is 1. The van der Waals surface area contributed by atoms with E-state index in [0.717, 1.165) is 17.7 Å². The third kappa shape index (κ3) is 1.28. The molecule has 1 aliphatic rings. The predicted octanol–water partition coefficient (Wildman–Crippen LogP) is 1.27. The maximum absolute atomic E-state index is 11.0. The number of benzene rings is 1. The van der Waals surface area contributed by atoms with Crippen LogP contribution in [-0.4, -0.2) is 5.91 Å². The van der Waals surface area contributed by atoms with Crippen LogP contribution < -0.4 is 11.1 Å². The first-order valence-corrected chi connectivity index (χ1v) is 4.12. The highest BCUT2D eigenvalue weighted by Crippen LogP contribution is 2.23. The number of primary amides is 1. The fourth-order valence-electron chi connectivity index (χ4n) is 1.50. The number of carbonyl (C=O) groups excluding carboxylic acids is 1. The van der Waals surface area contributed by atoms with E-state index in [4.69, 9.17) is 5.73 Å². The molecule has 0 aliphatic carbocycles. The highest BCUT2D eigenvalue weighted by atomic mass is 16.1. The number of nitrogens with two attached hydrogens (primary N) is 1. The molecule has 1 amide bonds. The lowest BCUT2D eigenvalue weighted by Gasteiger charge is -2.14. The molecule has 1 heterocycles. The van der Waals surface area contributed by atoms with Crippen molar-refractivity contribution in [1.29, 1.82) is 0 Å². The second-order valence-corrected chi connectivity index (χ2v) is 2.95. The van der Waals surface area contributed by atoms with Crippen molar-refractivity contribution in [3.05, 3.63) is 41.6 Å². The Bertz CT molecular complexity index is 383. The fourth-order valence-corrected chi connectivity index (χ4v) is 1.50. The molecule has 0 spiro atoms. The van der Waals surface area contributed by atoms with Gasteiger partial charge in [0.15, 0.2) is 0 Å². The van der Waals surface area contributed by atoms with E-state index in [1.807, 2.05) is 24.4 Å². The smallest absolute Gasteiger partial charge is 0.249 e. The highest BCUT2D eigenvalue weighted by Gasteiger charge is 2.12. The van der Waals surface area contributed by atoms with Gasteiger partial charge in [0.05, 0.1) is 0 Å². The number of allylic oxidation sites excluding steroid dienone is 1. The minimum absolute atomic E-state index is 0.367. The third-order valence-corrected chi connectivity index (χ3v) is 2.12. The summed E-state index contributed by atoms with van der Waals surface area (Å²) in [6, 6.07) is 5.51. The van der Waals surface area contributed by atoms with Crippen molar-refractivity contribution in [2.24, 2.45) is 5.73 Å². The normalized spacial score (nSPS) is 13.2. The number of fused-ring (bicyclic) bond motifs is 1. The Balaban J connectivity index is 2.55. The van der Waals surface area contributed by atoms with Crippen LogP contribution in [0.2, 0.25) is 0 Å². The van der Waals surface area contributed by atoms with Crippen LogP contribution in [0, 0.1) is 0 Å². The van der Waals surface area contributed by atoms with Crippen LogP contribution in [0.1, 0.15) is 15.9 Å². The van der Waals surface area contributed by atoms with Crippen molar-refractivity contribution in [1.82, 2.24) is 0 Å². The van der Waals surface area contributed by atoms with Crippen LogP contribution in [0.15, 0.2) is 30.5 Å². The molecule has 3 N–H and O–H groups in total. The Morgan fingerprint density at radius 1 is 1.46 bits per heavy atom. The summed E-state index contributed by atoms with van der Waals surface area (Å²) in [5.74, 6) is -0.367. The van der Waals surface area contributed by atoms with Crippen molar-refractivity contribution in [3.63, 3.8) is 0 Å². The molecule has 0 aromatic heterocycles. The summed E-state index contributed by atoms with van der Waals surface area (Å²) in [5, 5.41) is 3.07. The van der Waals surface area contributed by atoms with Gasteiger partial charge in [0.2, 0.25) is 5.91 Å². The van der Waals surface area contributed by atoms with Gasteiger partial charge in [-0.25, -0.2) is 0 Å². The number of amides is 1. The van der Waals surface area contributed by atoms with Gasteiger partial charge in [-0.2, -0.15) is 0 Å². The molecule has 0 saturated heterocycles. The van der Waals surface area contributed by atoms with Crippen LogP contribution in [0.25, 0.3) is 0 Å². The van der Waals surface area contributed by atoms with Crippen LogP contribution in [0.5, 0.6) is 0 Å². The van der Waals surface area contributed by atoms with Gasteiger partial charge in [-0.05, 0) is 30.3 Å². The molecule has 66 valence electrons. The van der Waals surface area contributed by atoms with Gasteiger partial charge in [-0.1, -0.05) is 12.1 Å². The summed E-state index contributed by atoms with van der Waals surface area (Å²) in [6.07, 6.45) is 4.60. The van der Waals surface area contributed by atoms with E-state index in [2.05, 4.69) is 5.32 Å². The van der Waals surface area contributed by atoms with Gasteiger partial charge in [0.1, 0.15) is 0 Å². The Hall–Kier alpha value is -1.77. The number of carbonyl (C=O) groups is 1. The van der Waals surface area contributed by atoms with E-state index in [1.165, 1.54) is 0 Å². The molecule has 1 aromatic carbocycles. The lowest BCUT2D eigenvalue weighted by atomic mass is 10.00. The summed E-state index contributed by atoms with van der Waals surface area (Å²) in [7, 11) is 0. The molecule has 2 rings (SSSR count). The molecule has 1 aliphatic heterocycles. The van der Waals surface area contributed by atoms with E-state index in [9.17, 15) is 4.79 Å². The van der Waals surface area contributed by atoms with Crippen molar-refractivity contribution in [2.75, 3.05) is 5.32 Å². The topological polar surface area (TPSA) is 55.1 Å². The van der Waals surface area contributed by atoms with Gasteiger partial charge in [0.25, 0.3) is 0 Å². The minimum atomic E-state index is -0.367. The van der Waals surface area contributed by atoms with Gasteiger partial charge < -0.3 is 11.1 Å². The van der Waals surface area contributed by atoms with E-state index in [1.54, 1.807) is 6.07 Å². The maximum Gasteiger partial charge on any atom is 0.249 e. The monoisotopic (exact) mass is 174 g/mol. The van der Waals surface area contributed by atoms with Gasteiger partial charge in [-0.3, -0.25) is 4.79 Å². The second kappa shape index (κ2) is 2.94. The Morgan fingerprint density at radius 3 is 3.08 bits per heavy atom. The van der Waals surface area contributed by atoms with Crippen molar-refractivity contribution >= 4 is 11.6 Å². The molecule has 3 heteroatoms. The number of hydrogen-bond acceptors (Lipinski definition) is 2. The Kier molecular flexibility index (Phi) is 1.77. The fraction of sp³-hybridized carbons (Fsp3) is 0.100. The van der Waals surface area contributed by atoms with E-state index in [-0.39, 0.29) is 5.91 Å². The van der Waals surface area contributed by atoms with Crippen LogP contribution >= 0.6 is 0 Å². The van der Waals surface area contributed by atoms with Crippen LogP contribution in [-0.2, 0) is 6.42 Å². The van der Waals surface area contributed by atoms with Gasteiger partial charge in [-0.15, -0.1) is 0 Å². The summed E-state index contributed by atoms with van der Waals surface area (Å²) in [6.45, 7) is 0. The van der Waals surface area contributed by atoms with Crippen molar-refractivity contribution in [2.45, 2.75) is 6.42 Å². The molecular formula is C10H10N2O. The average Bonchev–Trinajstić information content (AvgIpc) is 2.17. The number of anilines is 1. The zero-order valence-corrected chi connectivity index (χ0v) is 7.08. The largest absolute Gasteiger partial charge is 0.366 e. The lowest BCUT2D eigenvalue weighted by Crippen LogP contribution is -2.15. The molecule has 13 heavy (non-hydrogen) atoms. The SMILES string of the molecule is NC(=O)c1cccc2c1CC=CN2. The number of rotatable bonds is 1. The van der Waals surface area contributed by atoms with Crippen LogP contribution in [0.4, 0.5) is 5.69 Å². The molecular weight excluding hydrogens is 164 g/mol. The molecule has 0 radical (unpaired) electrons. The molecule has 0 bridgehead atoms. The average molecular weight is 174 g/mol. The third-order valence-electron chi connectivity index (χ3n) is 2.12.